The van der Waals surface area contributed by atoms with Crippen LogP contribution in [0, 0.1) is 0 Å². The van der Waals surface area contributed by atoms with Gasteiger partial charge in [0.2, 0.25) is 0 Å². The van der Waals surface area contributed by atoms with E-state index in [-0.39, 0.29) is 16.8 Å². The molecule has 0 saturated carbocycles. The Morgan fingerprint density at radius 2 is 1.65 bits per heavy atom. The first-order chi connectivity index (χ1) is 17.6. The lowest BCUT2D eigenvalue weighted by molar-refractivity contribution is -0.137. The first-order valence-electron chi connectivity index (χ1n) is 13.2. The predicted molar refractivity (Wildman–Crippen MR) is 161 cm³/mol. The molecule has 3 rings (SSSR count). The number of carbonyl (C=O) groups excluding carboxylic acids is 1. The number of rotatable bonds is 13. The van der Waals surface area contributed by atoms with Crippen LogP contribution in [-0.4, -0.2) is 12.6 Å². The van der Waals surface area contributed by atoms with E-state index in [9.17, 15) is 4.79 Å². The molecule has 0 aliphatic heterocycles. The Hall–Kier alpha value is -2.57. The van der Waals surface area contributed by atoms with Crippen molar-refractivity contribution in [3.8, 4) is 0 Å². The summed E-state index contributed by atoms with van der Waals surface area (Å²) in [5.41, 5.74) is 15.9. The van der Waals surface area contributed by atoms with Crippen molar-refractivity contribution in [2.75, 3.05) is 18.1 Å². The standard InChI is InChI=1S/C31H42N2O2S2/c1-6-7-8-12-15-23-21-26(32)37-28(23)31(4,5)30(2,3)25-20-24(29(33)36-25)18-19-35-27(34)17-16-22-13-10-9-11-14-22/h9-11,13-14,16-17,20-21H,6-8,12,15,18-19,32-33H2,1-5H3/b17-16+. The summed E-state index contributed by atoms with van der Waals surface area (Å²) in [7, 11) is 0. The van der Waals surface area contributed by atoms with E-state index in [1.54, 1.807) is 28.7 Å². The summed E-state index contributed by atoms with van der Waals surface area (Å²) in [5.74, 6) is -0.346. The fourth-order valence-electron chi connectivity index (χ4n) is 4.48. The highest BCUT2D eigenvalue weighted by molar-refractivity contribution is 7.16. The van der Waals surface area contributed by atoms with Gasteiger partial charge in [0.05, 0.1) is 16.6 Å². The fourth-order valence-corrected chi connectivity index (χ4v) is 6.96. The summed E-state index contributed by atoms with van der Waals surface area (Å²) in [6.07, 6.45) is 9.87. The zero-order valence-corrected chi connectivity index (χ0v) is 24.6. The molecule has 0 spiro atoms. The highest BCUT2D eigenvalue weighted by Gasteiger charge is 2.43. The summed E-state index contributed by atoms with van der Waals surface area (Å²) in [5, 5.41) is 1.68. The molecule has 0 aliphatic rings. The molecule has 0 bridgehead atoms. The van der Waals surface area contributed by atoms with Crippen LogP contribution in [0.2, 0.25) is 0 Å². The van der Waals surface area contributed by atoms with Crippen molar-refractivity contribution in [3.63, 3.8) is 0 Å². The second kappa shape index (κ2) is 12.8. The third-order valence-corrected chi connectivity index (χ3v) is 10.2. The number of nitrogen functional groups attached to an aromatic ring is 2. The van der Waals surface area contributed by atoms with Crippen molar-refractivity contribution >= 4 is 44.7 Å². The predicted octanol–water partition coefficient (Wildman–Crippen LogP) is 8.15. The molecule has 4 nitrogen and oxygen atoms in total. The average molecular weight is 539 g/mol. The Kier molecular flexibility index (Phi) is 10.0. The van der Waals surface area contributed by atoms with Gasteiger partial charge in [-0.05, 0) is 47.7 Å². The van der Waals surface area contributed by atoms with Gasteiger partial charge in [-0.15, -0.1) is 22.7 Å². The molecular formula is C31H42N2O2S2. The van der Waals surface area contributed by atoms with Crippen molar-refractivity contribution in [1.29, 1.82) is 0 Å². The molecule has 6 heteroatoms. The number of hydrogen-bond donors (Lipinski definition) is 2. The molecule has 0 aliphatic carbocycles. The number of hydrogen-bond acceptors (Lipinski definition) is 6. The van der Waals surface area contributed by atoms with Crippen LogP contribution in [-0.2, 0) is 33.2 Å². The lowest BCUT2D eigenvalue weighted by Gasteiger charge is -2.41. The van der Waals surface area contributed by atoms with Crippen molar-refractivity contribution in [1.82, 2.24) is 0 Å². The first-order valence-corrected chi connectivity index (χ1v) is 14.9. The zero-order chi connectivity index (χ0) is 27.1. The highest BCUT2D eigenvalue weighted by atomic mass is 32.1. The maximum absolute atomic E-state index is 12.1. The molecule has 3 aromatic rings. The van der Waals surface area contributed by atoms with E-state index in [4.69, 9.17) is 16.2 Å². The summed E-state index contributed by atoms with van der Waals surface area (Å²) >= 11 is 3.37. The molecule has 37 heavy (non-hydrogen) atoms. The molecule has 0 unspecified atom stereocenters. The Bertz CT molecular complexity index is 1190. The van der Waals surface area contributed by atoms with E-state index in [1.807, 2.05) is 30.3 Å². The van der Waals surface area contributed by atoms with Gasteiger partial charge >= 0.3 is 5.97 Å². The van der Waals surface area contributed by atoms with Crippen molar-refractivity contribution < 1.29 is 9.53 Å². The quantitative estimate of drug-likeness (QED) is 0.131. The van der Waals surface area contributed by atoms with E-state index in [1.165, 1.54) is 47.1 Å². The second-order valence-electron chi connectivity index (χ2n) is 10.7. The number of nitrogens with two attached hydrogens (primary N) is 2. The van der Waals surface area contributed by atoms with Crippen LogP contribution in [0.5, 0.6) is 0 Å². The van der Waals surface area contributed by atoms with Crippen LogP contribution in [0.25, 0.3) is 6.08 Å². The molecule has 4 N–H and O–H groups in total. The van der Waals surface area contributed by atoms with E-state index in [2.05, 4.69) is 46.8 Å². The molecule has 0 amide bonds. The SMILES string of the molecule is CCCCCCc1cc(N)sc1C(C)(C)C(C)(C)c1cc(CCOC(=O)/C=C/c2ccccc2)c(N)s1. The van der Waals surface area contributed by atoms with E-state index >= 15 is 0 Å². The van der Waals surface area contributed by atoms with Gasteiger partial charge in [0.25, 0.3) is 0 Å². The van der Waals surface area contributed by atoms with Crippen LogP contribution in [0.15, 0.2) is 48.5 Å². The van der Waals surface area contributed by atoms with Crippen molar-refractivity contribution in [3.05, 3.63) is 75.0 Å². The van der Waals surface area contributed by atoms with Gasteiger partial charge in [0.1, 0.15) is 0 Å². The molecular weight excluding hydrogens is 496 g/mol. The zero-order valence-electron chi connectivity index (χ0n) is 22.9. The van der Waals surface area contributed by atoms with Gasteiger partial charge in [-0.3, -0.25) is 0 Å². The Labute approximate surface area is 230 Å². The smallest absolute Gasteiger partial charge is 0.330 e. The van der Waals surface area contributed by atoms with Gasteiger partial charge in [-0.25, -0.2) is 4.79 Å². The number of ether oxygens (including phenoxy) is 1. The van der Waals surface area contributed by atoms with Crippen LogP contribution < -0.4 is 11.5 Å². The van der Waals surface area contributed by atoms with Gasteiger partial charge in [-0.2, -0.15) is 0 Å². The average Bonchev–Trinajstić information content (AvgIpc) is 3.44. The summed E-state index contributed by atoms with van der Waals surface area (Å²) in [4.78, 5) is 14.8. The number of aryl methyl sites for hydroxylation is 1. The number of carbonyl (C=O) groups is 1. The van der Waals surface area contributed by atoms with E-state index < -0.39 is 0 Å². The molecule has 200 valence electrons. The third-order valence-electron chi connectivity index (χ3n) is 7.54. The minimum absolute atomic E-state index is 0.126. The number of esters is 1. The highest BCUT2D eigenvalue weighted by Crippen LogP contribution is 2.50. The number of thiophene rings is 2. The lowest BCUT2D eigenvalue weighted by Crippen LogP contribution is -2.39. The minimum atomic E-state index is -0.346. The van der Waals surface area contributed by atoms with E-state index in [0.717, 1.165) is 27.5 Å². The van der Waals surface area contributed by atoms with Crippen LogP contribution in [0.3, 0.4) is 0 Å². The minimum Gasteiger partial charge on any atom is -0.462 e. The van der Waals surface area contributed by atoms with Crippen molar-refractivity contribution in [2.45, 2.75) is 84.0 Å². The Morgan fingerprint density at radius 1 is 0.919 bits per heavy atom. The van der Waals surface area contributed by atoms with Crippen LogP contribution >= 0.6 is 22.7 Å². The lowest BCUT2D eigenvalue weighted by atomic mass is 9.65. The molecule has 2 heterocycles. The Morgan fingerprint density at radius 3 is 2.35 bits per heavy atom. The molecule has 0 radical (unpaired) electrons. The number of anilines is 2. The molecule has 1 aromatic carbocycles. The van der Waals surface area contributed by atoms with E-state index in [0.29, 0.717) is 13.0 Å². The third kappa shape index (κ3) is 7.26. The van der Waals surface area contributed by atoms with Crippen molar-refractivity contribution in [2.24, 2.45) is 0 Å². The normalized spacial score (nSPS) is 12.4. The number of benzene rings is 1. The molecule has 0 saturated heterocycles. The Balaban J connectivity index is 1.68. The maximum atomic E-state index is 12.1. The van der Waals surface area contributed by atoms with Crippen LogP contribution in [0.4, 0.5) is 10.0 Å². The van der Waals surface area contributed by atoms with Gasteiger partial charge in [-0.1, -0.05) is 84.2 Å². The molecule has 0 fully saturated rings. The monoisotopic (exact) mass is 538 g/mol. The summed E-state index contributed by atoms with van der Waals surface area (Å²) in [6.45, 7) is 11.8. The summed E-state index contributed by atoms with van der Waals surface area (Å²) < 4.78 is 5.44. The summed E-state index contributed by atoms with van der Waals surface area (Å²) in [6, 6.07) is 14.1. The first kappa shape index (κ1) is 29.0. The topological polar surface area (TPSA) is 78.3 Å². The number of unbranched alkanes of at least 4 members (excludes halogenated alkanes) is 3. The largest absolute Gasteiger partial charge is 0.462 e. The van der Waals surface area contributed by atoms with Gasteiger partial charge in [0, 0.05) is 33.1 Å². The second-order valence-corrected chi connectivity index (χ2v) is 12.9. The van der Waals surface area contributed by atoms with Crippen LogP contribution in [0.1, 0.15) is 86.7 Å². The molecule has 0 atom stereocenters. The van der Waals surface area contributed by atoms with Gasteiger partial charge < -0.3 is 16.2 Å². The molecule has 2 aromatic heterocycles. The maximum Gasteiger partial charge on any atom is 0.330 e. The fraction of sp³-hybridized carbons (Fsp3) is 0.452. The van der Waals surface area contributed by atoms with Gasteiger partial charge in [0.15, 0.2) is 0 Å².